The Kier molecular flexibility index (Phi) is 5.91. The van der Waals surface area contributed by atoms with Gasteiger partial charge in [0.1, 0.15) is 17.1 Å². The SMILES string of the molecule is COc1cc([C@H]2C[C@](O)(C(C)=O)Cc3c(O)c4c(c(O)c32)C(=O)c2ccccc2C4=O)cc(OC)c1OC. The topological polar surface area (TPSA) is 140 Å². The first-order valence-electron chi connectivity index (χ1n) is 11.9. The smallest absolute Gasteiger partial charge is 0.203 e. The monoisotopic (exact) mass is 518 g/mol. The van der Waals surface area contributed by atoms with Gasteiger partial charge in [0.15, 0.2) is 28.8 Å². The van der Waals surface area contributed by atoms with Crippen molar-refractivity contribution in [1.82, 2.24) is 0 Å². The van der Waals surface area contributed by atoms with Crippen molar-refractivity contribution in [2.75, 3.05) is 21.3 Å². The number of hydrogen-bond acceptors (Lipinski definition) is 9. The van der Waals surface area contributed by atoms with Crippen LogP contribution in [0.25, 0.3) is 0 Å². The van der Waals surface area contributed by atoms with E-state index in [9.17, 15) is 29.7 Å². The largest absolute Gasteiger partial charge is 0.507 e. The predicted molar refractivity (Wildman–Crippen MR) is 135 cm³/mol. The molecule has 0 bridgehead atoms. The fourth-order valence-corrected chi connectivity index (χ4v) is 5.60. The van der Waals surface area contributed by atoms with Gasteiger partial charge in [-0.15, -0.1) is 0 Å². The van der Waals surface area contributed by atoms with Gasteiger partial charge in [-0.2, -0.15) is 0 Å². The second-order valence-electron chi connectivity index (χ2n) is 9.52. The number of carbonyl (C=O) groups excluding carboxylic acids is 3. The highest BCUT2D eigenvalue weighted by atomic mass is 16.5. The maximum atomic E-state index is 13.5. The van der Waals surface area contributed by atoms with E-state index in [-0.39, 0.29) is 46.2 Å². The molecule has 38 heavy (non-hydrogen) atoms. The highest BCUT2D eigenvalue weighted by Crippen LogP contribution is 2.54. The molecule has 196 valence electrons. The number of aliphatic hydroxyl groups is 1. The van der Waals surface area contributed by atoms with Crippen molar-refractivity contribution < 1.29 is 43.9 Å². The van der Waals surface area contributed by atoms with Gasteiger partial charge in [-0.3, -0.25) is 14.4 Å². The van der Waals surface area contributed by atoms with Crippen LogP contribution in [-0.2, 0) is 11.2 Å². The molecule has 0 radical (unpaired) electrons. The average Bonchev–Trinajstić information content (AvgIpc) is 2.92. The second-order valence-corrected chi connectivity index (χ2v) is 9.52. The molecule has 3 aromatic carbocycles. The van der Waals surface area contributed by atoms with E-state index in [4.69, 9.17) is 14.2 Å². The Bertz CT molecular complexity index is 1510. The molecule has 0 heterocycles. The van der Waals surface area contributed by atoms with E-state index >= 15 is 0 Å². The summed E-state index contributed by atoms with van der Waals surface area (Å²) in [5.41, 5.74) is -1.75. The molecular weight excluding hydrogens is 492 g/mol. The quantitative estimate of drug-likeness (QED) is 0.340. The first-order valence-corrected chi connectivity index (χ1v) is 11.9. The van der Waals surface area contributed by atoms with Crippen LogP contribution in [-0.4, -0.2) is 59.6 Å². The van der Waals surface area contributed by atoms with Gasteiger partial charge in [0, 0.05) is 34.6 Å². The van der Waals surface area contributed by atoms with Crippen molar-refractivity contribution in [3.8, 4) is 28.7 Å². The highest BCUT2D eigenvalue weighted by molar-refractivity contribution is 6.30. The molecule has 3 N–H and O–H groups in total. The van der Waals surface area contributed by atoms with Gasteiger partial charge in [0.05, 0.1) is 32.5 Å². The summed E-state index contributed by atoms with van der Waals surface area (Å²) in [6.07, 6.45) is -0.521. The van der Waals surface area contributed by atoms with Gasteiger partial charge >= 0.3 is 0 Å². The van der Waals surface area contributed by atoms with Crippen molar-refractivity contribution in [3.63, 3.8) is 0 Å². The molecule has 3 aromatic rings. The van der Waals surface area contributed by atoms with Gasteiger partial charge in [-0.25, -0.2) is 0 Å². The van der Waals surface area contributed by atoms with Crippen LogP contribution in [0.4, 0.5) is 0 Å². The lowest BCUT2D eigenvalue weighted by atomic mass is 9.67. The molecule has 0 unspecified atom stereocenters. The molecule has 0 amide bonds. The molecule has 0 aromatic heterocycles. The van der Waals surface area contributed by atoms with Crippen LogP contribution >= 0.6 is 0 Å². The maximum Gasteiger partial charge on any atom is 0.203 e. The Labute approximate surface area is 218 Å². The fourth-order valence-electron chi connectivity index (χ4n) is 5.60. The standard InChI is InChI=1S/C29H26O9/c1-13(30)29(35)11-17(14-9-19(36-2)28(38-4)20(10-14)37-3)21-18(12-29)26(33)22-23(27(21)34)25(32)16-8-6-5-7-15(16)24(22)31/h5-10,17,33-35H,11-12H2,1-4H3/t17-,29-/m1/s1. The van der Waals surface area contributed by atoms with Gasteiger partial charge < -0.3 is 29.5 Å². The van der Waals surface area contributed by atoms with Gasteiger partial charge in [0.25, 0.3) is 0 Å². The summed E-state index contributed by atoms with van der Waals surface area (Å²) in [5.74, 6) is -2.81. The number of methoxy groups -OCH3 is 3. The molecule has 0 fully saturated rings. The van der Waals surface area contributed by atoms with Crippen LogP contribution in [0.3, 0.4) is 0 Å². The van der Waals surface area contributed by atoms with Crippen LogP contribution in [0.1, 0.15) is 67.8 Å². The zero-order valence-electron chi connectivity index (χ0n) is 21.2. The maximum absolute atomic E-state index is 13.5. The van der Waals surface area contributed by atoms with E-state index in [0.29, 0.717) is 22.8 Å². The fraction of sp³-hybridized carbons (Fsp3) is 0.276. The molecule has 0 aliphatic heterocycles. The Morgan fingerprint density at radius 3 is 1.89 bits per heavy atom. The minimum absolute atomic E-state index is 0.0180. The number of phenols is 2. The van der Waals surface area contributed by atoms with E-state index in [2.05, 4.69) is 0 Å². The summed E-state index contributed by atoms with van der Waals surface area (Å²) in [7, 11) is 4.31. The molecular formula is C29H26O9. The minimum Gasteiger partial charge on any atom is -0.507 e. The van der Waals surface area contributed by atoms with E-state index in [0.717, 1.165) is 0 Å². The number of carbonyl (C=O) groups is 3. The summed E-state index contributed by atoms with van der Waals surface area (Å²) in [4.78, 5) is 39.5. The summed E-state index contributed by atoms with van der Waals surface area (Å²) in [6.45, 7) is 1.23. The molecule has 0 spiro atoms. The zero-order chi connectivity index (χ0) is 27.5. The van der Waals surface area contributed by atoms with Crippen LogP contribution in [0.2, 0.25) is 0 Å². The minimum atomic E-state index is -1.92. The van der Waals surface area contributed by atoms with Crippen LogP contribution in [0.5, 0.6) is 28.7 Å². The molecule has 5 rings (SSSR count). The van der Waals surface area contributed by atoms with E-state index in [1.54, 1.807) is 24.3 Å². The summed E-state index contributed by atoms with van der Waals surface area (Å²) < 4.78 is 16.3. The molecule has 2 atom stereocenters. The van der Waals surface area contributed by atoms with Crippen LogP contribution in [0, 0.1) is 0 Å². The number of Topliss-reactive ketones (excluding diaryl/α,β-unsaturated/α-hetero) is 1. The molecule has 0 saturated heterocycles. The summed E-state index contributed by atoms with van der Waals surface area (Å²) in [5, 5.41) is 34.4. The number of phenolic OH excluding ortho intramolecular Hbond substituents is 2. The van der Waals surface area contributed by atoms with Crippen molar-refractivity contribution in [1.29, 1.82) is 0 Å². The van der Waals surface area contributed by atoms with Crippen molar-refractivity contribution in [2.24, 2.45) is 0 Å². The average molecular weight is 519 g/mol. The Morgan fingerprint density at radius 2 is 1.42 bits per heavy atom. The molecule has 9 nitrogen and oxygen atoms in total. The number of rotatable bonds is 5. The lowest BCUT2D eigenvalue weighted by Gasteiger charge is -2.39. The van der Waals surface area contributed by atoms with Crippen molar-refractivity contribution in [3.05, 3.63) is 75.3 Å². The van der Waals surface area contributed by atoms with Crippen molar-refractivity contribution in [2.45, 2.75) is 31.3 Å². The Balaban J connectivity index is 1.84. The third-order valence-electron chi connectivity index (χ3n) is 7.56. The lowest BCUT2D eigenvalue weighted by Crippen LogP contribution is -2.44. The highest BCUT2D eigenvalue weighted by Gasteiger charge is 2.48. The normalized spacial score (nSPS) is 19.8. The first kappa shape index (κ1) is 25.3. The van der Waals surface area contributed by atoms with Crippen molar-refractivity contribution >= 4 is 17.3 Å². The number of hydrogen-bond donors (Lipinski definition) is 3. The number of ketones is 3. The van der Waals surface area contributed by atoms with Gasteiger partial charge in [0.2, 0.25) is 5.75 Å². The number of fused-ring (bicyclic) bond motifs is 3. The van der Waals surface area contributed by atoms with E-state index < -0.39 is 40.4 Å². The first-order chi connectivity index (χ1) is 18.1. The molecule has 9 heteroatoms. The van der Waals surface area contributed by atoms with E-state index in [1.165, 1.54) is 40.4 Å². The van der Waals surface area contributed by atoms with Crippen LogP contribution in [0.15, 0.2) is 36.4 Å². The number of ether oxygens (including phenoxy) is 3. The van der Waals surface area contributed by atoms with Gasteiger partial charge in [-0.05, 0) is 31.0 Å². The van der Waals surface area contributed by atoms with E-state index in [1.807, 2.05) is 0 Å². The Morgan fingerprint density at radius 1 is 0.895 bits per heavy atom. The molecule has 2 aliphatic carbocycles. The lowest BCUT2D eigenvalue weighted by molar-refractivity contribution is -0.136. The zero-order valence-corrected chi connectivity index (χ0v) is 21.2. The number of aromatic hydroxyl groups is 2. The predicted octanol–water partition coefficient (Wildman–Crippen LogP) is 3.30. The Hall–Kier alpha value is -4.37. The van der Waals surface area contributed by atoms with Crippen LogP contribution < -0.4 is 14.2 Å². The van der Waals surface area contributed by atoms with Gasteiger partial charge in [-0.1, -0.05) is 24.3 Å². The second kappa shape index (κ2) is 8.88. The number of benzene rings is 3. The summed E-state index contributed by atoms with van der Waals surface area (Å²) in [6, 6.07) is 9.38. The third-order valence-corrected chi connectivity index (χ3v) is 7.56. The third kappa shape index (κ3) is 3.46. The molecule has 0 saturated carbocycles. The molecule has 2 aliphatic rings. The summed E-state index contributed by atoms with van der Waals surface area (Å²) >= 11 is 0.